The number of aromatic nitrogens is 2. The molecule has 1 aromatic heterocycles. The molecule has 1 rings (SSSR count). The third-order valence-electron chi connectivity index (χ3n) is 1.47. The lowest BCUT2D eigenvalue weighted by molar-refractivity contribution is -0.142. The van der Waals surface area contributed by atoms with Gasteiger partial charge < -0.3 is 5.11 Å². The molecule has 0 aliphatic rings. The van der Waals surface area contributed by atoms with E-state index < -0.39 is 18.7 Å². The van der Waals surface area contributed by atoms with Gasteiger partial charge in [-0.3, -0.25) is 4.68 Å². The first-order valence-electron chi connectivity index (χ1n) is 3.98. The van der Waals surface area contributed by atoms with E-state index in [2.05, 4.69) is 21.0 Å². The van der Waals surface area contributed by atoms with E-state index in [0.29, 0.717) is 9.15 Å². The van der Waals surface area contributed by atoms with E-state index in [-0.39, 0.29) is 5.69 Å². The lowest BCUT2D eigenvalue weighted by atomic mass is 10.4. The van der Waals surface area contributed by atoms with Crippen LogP contribution in [0.25, 0.3) is 6.08 Å². The van der Waals surface area contributed by atoms with Gasteiger partial charge in [0, 0.05) is 12.3 Å². The quantitative estimate of drug-likeness (QED) is 0.871. The molecule has 0 unspecified atom stereocenters. The van der Waals surface area contributed by atoms with Crippen molar-refractivity contribution in [3.8, 4) is 0 Å². The molecule has 0 fully saturated rings. The third-order valence-corrected chi connectivity index (χ3v) is 2.08. The van der Waals surface area contributed by atoms with Gasteiger partial charge in [-0.05, 0) is 22.0 Å². The van der Waals surface area contributed by atoms with Crippen LogP contribution >= 0.6 is 15.9 Å². The number of carbonyl (C=O) groups is 1. The van der Waals surface area contributed by atoms with Gasteiger partial charge in [0.15, 0.2) is 0 Å². The summed E-state index contributed by atoms with van der Waals surface area (Å²) in [6.45, 7) is -1.22. The molecule has 0 atom stereocenters. The van der Waals surface area contributed by atoms with Gasteiger partial charge in [0.2, 0.25) is 0 Å². The molecule has 0 bridgehead atoms. The average molecular weight is 299 g/mol. The number of carboxylic acids is 1. The third kappa shape index (κ3) is 4.05. The fourth-order valence-corrected chi connectivity index (χ4v) is 1.39. The van der Waals surface area contributed by atoms with Crippen molar-refractivity contribution in [1.82, 2.24) is 9.78 Å². The Morgan fingerprint density at radius 1 is 1.62 bits per heavy atom. The summed E-state index contributed by atoms with van der Waals surface area (Å²) in [7, 11) is 0. The molecule has 88 valence electrons. The highest BCUT2D eigenvalue weighted by Crippen LogP contribution is 2.21. The van der Waals surface area contributed by atoms with Gasteiger partial charge in [0.25, 0.3) is 0 Å². The molecule has 0 saturated carbocycles. The summed E-state index contributed by atoms with van der Waals surface area (Å²) < 4.78 is 37.0. The molecule has 8 heteroatoms. The van der Waals surface area contributed by atoms with Crippen LogP contribution in [0.15, 0.2) is 16.7 Å². The maximum atomic E-state index is 12.0. The van der Waals surface area contributed by atoms with Gasteiger partial charge in [-0.1, -0.05) is 0 Å². The molecular formula is C8H6BrF3N2O2. The molecule has 1 aromatic rings. The highest BCUT2D eigenvalue weighted by Gasteiger charge is 2.28. The Labute approximate surface area is 96.5 Å². The van der Waals surface area contributed by atoms with Gasteiger partial charge in [-0.15, -0.1) is 0 Å². The Balaban J connectivity index is 2.86. The summed E-state index contributed by atoms with van der Waals surface area (Å²) in [5.41, 5.74) is 0.131. The SMILES string of the molecule is O=C(O)/C=C/c1nn(CC(F)(F)F)cc1Br. The predicted molar refractivity (Wildman–Crippen MR) is 52.7 cm³/mol. The second-order valence-electron chi connectivity index (χ2n) is 2.85. The van der Waals surface area contributed by atoms with Crippen LogP contribution in [0.1, 0.15) is 5.69 Å². The number of hydrogen-bond donors (Lipinski definition) is 1. The van der Waals surface area contributed by atoms with E-state index >= 15 is 0 Å². The van der Waals surface area contributed by atoms with Crippen molar-refractivity contribution in [2.75, 3.05) is 0 Å². The number of halogens is 4. The van der Waals surface area contributed by atoms with Crippen LogP contribution in [0, 0.1) is 0 Å². The monoisotopic (exact) mass is 298 g/mol. The summed E-state index contributed by atoms with van der Waals surface area (Å²) >= 11 is 2.98. The molecule has 0 amide bonds. The van der Waals surface area contributed by atoms with Crippen molar-refractivity contribution in [2.45, 2.75) is 12.7 Å². The molecule has 0 spiro atoms. The topological polar surface area (TPSA) is 55.1 Å². The normalized spacial score (nSPS) is 12.2. The first-order chi connectivity index (χ1) is 7.28. The second-order valence-corrected chi connectivity index (χ2v) is 3.70. The zero-order valence-corrected chi connectivity index (χ0v) is 9.29. The Morgan fingerprint density at radius 3 is 2.75 bits per heavy atom. The first kappa shape index (κ1) is 12.8. The minimum absolute atomic E-state index is 0.131. The molecule has 0 saturated heterocycles. The Morgan fingerprint density at radius 2 is 2.25 bits per heavy atom. The molecule has 1 N–H and O–H groups in total. The lowest BCUT2D eigenvalue weighted by Gasteiger charge is -2.04. The lowest BCUT2D eigenvalue weighted by Crippen LogP contribution is -2.17. The number of rotatable bonds is 3. The molecule has 0 radical (unpaired) electrons. The van der Waals surface area contributed by atoms with Gasteiger partial charge in [0.05, 0.1) is 10.2 Å². The van der Waals surface area contributed by atoms with Crippen LogP contribution in [0.3, 0.4) is 0 Å². The summed E-state index contributed by atoms with van der Waals surface area (Å²) in [6.07, 6.45) is -1.32. The average Bonchev–Trinajstić information content (AvgIpc) is 2.39. The van der Waals surface area contributed by atoms with Crippen LogP contribution in [-0.4, -0.2) is 27.0 Å². The van der Waals surface area contributed by atoms with Crippen molar-refractivity contribution >= 4 is 28.0 Å². The van der Waals surface area contributed by atoms with Crippen LogP contribution in [0.2, 0.25) is 0 Å². The molecule has 1 heterocycles. The van der Waals surface area contributed by atoms with E-state index in [0.717, 1.165) is 18.3 Å². The summed E-state index contributed by atoms with van der Waals surface area (Å²) in [6, 6.07) is 0. The molecule has 0 aliphatic carbocycles. The van der Waals surface area contributed by atoms with E-state index in [4.69, 9.17) is 5.11 Å². The van der Waals surface area contributed by atoms with E-state index in [1.165, 1.54) is 0 Å². The van der Waals surface area contributed by atoms with Crippen molar-refractivity contribution < 1.29 is 23.1 Å². The zero-order chi connectivity index (χ0) is 12.3. The predicted octanol–water partition coefficient (Wildman–Crippen LogP) is 2.31. The van der Waals surface area contributed by atoms with Crippen LogP contribution in [-0.2, 0) is 11.3 Å². The smallest absolute Gasteiger partial charge is 0.408 e. The van der Waals surface area contributed by atoms with Crippen molar-refractivity contribution in [3.63, 3.8) is 0 Å². The number of alkyl halides is 3. The van der Waals surface area contributed by atoms with E-state index in [9.17, 15) is 18.0 Å². The zero-order valence-electron chi connectivity index (χ0n) is 7.70. The van der Waals surface area contributed by atoms with Crippen LogP contribution in [0.5, 0.6) is 0 Å². The summed E-state index contributed by atoms with van der Waals surface area (Å²) in [5.74, 6) is -1.20. The Hall–Kier alpha value is -1.31. The fourth-order valence-electron chi connectivity index (χ4n) is 0.940. The van der Waals surface area contributed by atoms with E-state index in [1.54, 1.807) is 0 Å². The number of nitrogens with zero attached hydrogens (tertiary/aromatic N) is 2. The summed E-state index contributed by atoms with van der Waals surface area (Å²) in [5, 5.41) is 11.9. The molecule has 16 heavy (non-hydrogen) atoms. The number of carboxylic acid groups (broad SMARTS) is 1. The fraction of sp³-hybridized carbons (Fsp3) is 0.250. The van der Waals surface area contributed by atoms with Crippen LogP contribution < -0.4 is 0 Å². The standard InChI is InChI=1S/C8H6BrF3N2O2/c9-5-3-14(4-8(10,11)12)13-6(5)1-2-7(15)16/h1-3H,4H2,(H,15,16)/b2-1+. The summed E-state index contributed by atoms with van der Waals surface area (Å²) in [4.78, 5) is 10.2. The minimum Gasteiger partial charge on any atom is -0.478 e. The van der Waals surface area contributed by atoms with Gasteiger partial charge in [0.1, 0.15) is 6.54 Å². The van der Waals surface area contributed by atoms with E-state index in [1.807, 2.05) is 0 Å². The van der Waals surface area contributed by atoms with Crippen LogP contribution in [0.4, 0.5) is 13.2 Å². The van der Waals surface area contributed by atoms with Crippen molar-refractivity contribution in [2.24, 2.45) is 0 Å². The largest absolute Gasteiger partial charge is 0.478 e. The number of aliphatic carboxylic acids is 1. The minimum atomic E-state index is -4.36. The van der Waals surface area contributed by atoms with Gasteiger partial charge in [-0.2, -0.15) is 18.3 Å². The molecule has 0 aliphatic heterocycles. The first-order valence-corrected chi connectivity index (χ1v) is 4.78. The van der Waals surface area contributed by atoms with Gasteiger partial charge >= 0.3 is 12.1 Å². The second kappa shape index (κ2) is 4.69. The van der Waals surface area contributed by atoms with Crippen molar-refractivity contribution in [1.29, 1.82) is 0 Å². The number of hydrogen-bond acceptors (Lipinski definition) is 2. The maximum absolute atomic E-state index is 12.0. The molecular weight excluding hydrogens is 293 g/mol. The maximum Gasteiger partial charge on any atom is 0.408 e. The van der Waals surface area contributed by atoms with Gasteiger partial charge in [-0.25, -0.2) is 4.79 Å². The molecule has 0 aromatic carbocycles. The Bertz CT molecular complexity index is 425. The highest BCUT2D eigenvalue weighted by atomic mass is 79.9. The van der Waals surface area contributed by atoms with Crippen molar-refractivity contribution in [3.05, 3.63) is 22.4 Å². The molecule has 4 nitrogen and oxygen atoms in total. The highest BCUT2D eigenvalue weighted by molar-refractivity contribution is 9.10. The Kier molecular flexibility index (Phi) is 3.74.